The maximum Gasteiger partial charge on any atom is 0.322 e. The molecule has 1 unspecified atom stereocenters. The fourth-order valence-corrected chi connectivity index (χ4v) is 2.78. The van der Waals surface area contributed by atoms with Crippen molar-refractivity contribution in [3.8, 4) is 11.6 Å². The molecule has 2 heterocycles. The van der Waals surface area contributed by atoms with Crippen LogP contribution in [0.5, 0.6) is 11.6 Å². The van der Waals surface area contributed by atoms with E-state index >= 15 is 0 Å². The summed E-state index contributed by atoms with van der Waals surface area (Å²) in [6.45, 7) is 0.708. The van der Waals surface area contributed by atoms with Crippen molar-refractivity contribution in [2.75, 3.05) is 26.1 Å². The van der Waals surface area contributed by atoms with Crippen LogP contribution in [0.25, 0.3) is 0 Å². The number of hydrogen-bond acceptors (Lipinski definition) is 4. The van der Waals surface area contributed by atoms with E-state index in [1.54, 1.807) is 11.0 Å². The molecule has 2 amide bonds. The van der Waals surface area contributed by atoms with Crippen LogP contribution in [-0.4, -0.2) is 36.7 Å². The number of nitrogens with zero attached hydrogens (tertiary/aromatic N) is 2. The normalized spacial score (nSPS) is 16.3. The Balaban J connectivity index is 1.70. The Morgan fingerprint density at radius 3 is 2.62 bits per heavy atom. The number of carbonyl (C=O) groups is 1. The van der Waals surface area contributed by atoms with E-state index in [2.05, 4.69) is 10.3 Å². The van der Waals surface area contributed by atoms with Gasteiger partial charge in [-0.1, -0.05) is 23.7 Å². The SMILES string of the molecule is COc1cc(NC(=O)N2CCC2c2ccc(Cl)cc2)cnc1OC. The van der Waals surface area contributed by atoms with Crippen LogP contribution in [0.3, 0.4) is 0 Å². The first-order valence-electron chi connectivity index (χ1n) is 7.53. The van der Waals surface area contributed by atoms with Gasteiger partial charge in [0.15, 0.2) is 5.75 Å². The molecule has 0 saturated carbocycles. The average molecular weight is 348 g/mol. The van der Waals surface area contributed by atoms with Gasteiger partial charge < -0.3 is 19.7 Å². The maximum absolute atomic E-state index is 12.5. The van der Waals surface area contributed by atoms with Crippen molar-refractivity contribution in [1.29, 1.82) is 0 Å². The molecule has 0 bridgehead atoms. The van der Waals surface area contributed by atoms with E-state index in [-0.39, 0.29) is 12.1 Å². The van der Waals surface area contributed by atoms with Gasteiger partial charge in [-0.05, 0) is 24.1 Å². The average Bonchev–Trinajstić information content (AvgIpc) is 2.55. The minimum Gasteiger partial charge on any atom is -0.491 e. The molecule has 2 aromatic rings. The number of ether oxygens (including phenoxy) is 2. The maximum atomic E-state index is 12.5. The van der Waals surface area contributed by atoms with Crippen LogP contribution in [0.2, 0.25) is 5.02 Å². The van der Waals surface area contributed by atoms with Gasteiger partial charge in [0.2, 0.25) is 0 Å². The zero-order valence-electron chi connectivity index (χ0n) is 13.5. The number of hydrogen-bond donors (Lipinski definition) is 1. The van der Waals surface area contributed by atoms with Gasteiger partial charge in [-0.25, -0.2) is 9.78 Å². The van der Waals surface area contributed by atoms with Crippen LogP contribution in [0.15, 0.2) is 36.5 Å². The quantitative estimate of drug-likeness (QED) is 0.915. The number of likely N-dealkylation sites (tertiary alicyclic amines) is 1. The first-order chi connectivity index (χ1) is 11.6. The summed E-state index contributed by atoms with van der Waals surface area (Å²) in [5.74, 6) is 0.839. The lowest BCUT2D eigenvalue weighted by molar-refractivity contribution is 0.126. The van der Waals surface area contributed by atoms with Crippen LogP contribution in [0.4, 0.5) is 10.5 Å². The van der Waals surface area contributed by atoms with E-state index in [1.165, 1.54) is 20.4 Å². The summed E-state index contributed by atoms with van der Waals surface area (Å²) < 4.78 is 10.3. The highest BCUT2D eigenvalue weighted by molar-refractivity contribution is 6.30. The zero-order chi connectivity index (χ0) is 17.1. The standard InChI is InChI=1S/C17H18ClN3O3/c1-23-15-9-13(10-19-16(15)24-2)20-17(22)21-8-7-14(21)11-3-5-12(18)6-4-11/h3-6,9-10,14H,7-8H2,1-2H3,(H,20,22). The smallest absolute Gasteiger partial charge is 0.322 e. The molecule has 0 radical (unpaired) electrons. The Morgan fingerprint density at radius 1 is 1.29 bits per heavy atom. The molecule has 1 aliphatic rings. The second-order valence-electron chi connectivity index (χ2n) is 5.42. The Morgan fingerprint density at radius 2 is 2.04 bits per heavy atom. The van der Waals surface area contributed by atoms with Crippen molar-refractivity contribution in [1.82, 2.24) is 9.88 Å². The van der Waals surface area contributed by atoms with Crippen LogP contribution < -0.4 is 14.8 Å². The van der Waals surface area contributed by atoms with Gasteiger partial charge in [-0.2, -0.15) is 0 Å². The van der Waals surface area contributed by atoms with Crippen molar-refractivity contribution in [3.63, 3.8) is 0 Å². The minimum atomic E-state index is -0.171. The summed E-state index contributed by atoms with van der Waals surface area (Å²) in [5, 5.41) is 3.53. The third kappa shape index (κ3) is 3.23. The molecular formula is C17H18ClN3O3. The van der Waals surface area contributed by atoms with Gasteiger partial charge in [0.1, 0.15) is 0 Å². The molecule has 1 atom stereocenters. The highest BCUT2D eigenvalue weighted by Gasteiger charge is 2.33. The number of amides is 2. The summed E-state index contributed by atoms with van der Waals surface area (Å²) in [7, 11) is 3.04. The van der Waals surface area contributed by atoms with E-state index in [4.69, 9.17) is 21.1 Å². The summed E-state index contributed by atoms with van der Waals surface area (Å²) in [6.07, 6.45) is 2.47. The van der Waals surface area contributed by atoms with Crippen molar-refractivity contribution < 1.29 is 14.3 Å². The predicted molar refractivity (Wildman–Crippen MR) is 91.9 cm³/mol. The Kier molecular flexibility index (Phi) is 4.76. The fraction of sp³-hybridized carbons (Fsp3) is 0.294. The molecular weight excluding hydrogens is 330 g/mol. The first-order valence-corrected chi connectivity index (χ1v) is 7.91. The topological polar surface area (TPSA) is 63.7 Å². The minimum absolute atomic E-state index is 0.0652. The van der Waals surface area contributed by atoms with Crippen LogP contribution in [0, 0.1) is 0 Å². The van der Waals surface area contributed by atoms with Gasteiger partial charge in [0.05, 0.1) is 32.1 Å². The molecule has 1 aromatic heterocycles. The Bertz CT molecular complexity index is 736. The van der Waals surface area contributed by atoms with Crippen LogP contribution in [0.1, 0.15) is 18.0 Å². The zero-order valence-corrected chi connectivity index (χ0v) is 14.2. The number of aromatic nitrogens is 1. The lowest BCUT2D eigenvalue weighted by atomic mass is 9.95. The monoisotopic (exact) mass is 347 g/mol. The number of rotatable bonds is 4. The first kappa shape index (κ1) is 16.4. The van der Waals surface area contributed by atoms with Gasteiger partial charge in [-0.15, -0.1) is 0 Å². The molecule has 3 rings (SSSR count). The Hall–Kier alpha value is -2.47. The molecule has 126 valence electrons. The number of methoxy groups -OCH3 is 2. The van der Waals surface area contributed by atoms with E-state index < -0.39 is 0 Å². The van der Waals surface area contributed by atoms with Gasteiger partial charge in [-0.3, -0.25) is 0 Å². The van der Waals surface area contributed by atoms with Crippen molar-refractivity contribution >= 4 is 23.3 Å². The van der Waals surface area contributed by atoms with Crippen molar-refractivity contribution in [2.24, 2.45) is 0 Å². The van der Waals surface area contributed by atoms with E-state index in [9.17, 15) is 4.79 Å². The second kappa shape index (κ2) is 6.97. The highest BCUT2D eigenvalue weighted by Crippen LogP contribution is 2.34. The van der Waals surface area contributed by atoms with E-state index in [0.717, 1.165) is 12.0 Å². The highest BCUT2D eigenvalue weighted by atomic mass is 35.5. The summed E-state index contributed by atoms with van der Waals surface area (Å²) in [4.78, 5) is 18.4. The van der Waals surface area contributed by atoms with E-state index in [1.807, 2.05) is 24.3 Å². The second-order valence-corrected chi connectivity index (χ2v) is 5.85. The van der Waals surface area contributed by atoms with Gasteiger partial charge in [0, 0.05) is 17.6 Å². The van der Waals surface area contributed by atoms with Gasteiger partial charge in [0.25, 0.3) is 5.88 Å². The Labute approximate surface area is 145 Å². The molecule has 24 heavy (non-hydrogen) atoms. The molecule has 1 fully saturated rings. The molecule has 7 heteroatoms. The molecule has 1 saturated heterocycles. The molecule has 1 aromatic carbocycles. The third-order valence-electron chi connectivity index (χ3n) is 4.02. The number of benzene rings is 1. The fourth-order valence-electron chi connectivity index (χ4n) is 2.66. The number of halogens is 1. The summed E-state index contributed by atoms with van der Waals surface area (Å²) in [5.41, 5.74) is 1.63. The predicted octanol–water partition coefficient (Wildman–Crippen LogP) is 3.73. The number of nitrogens with one attached hydrogen (secondary N) is 1. The number of urea groups is 1. The number of carbonyl (C=O) groups excluding carboxylic acids is 1. The van der Waals surface area contributed by atoms with E-state index in [0.29, 0.717) is 28.9 Å². The van der Waals surface area contributed by atoms with Crippen LogP contribution in [-0.2, 0) is 0 Å². The molecule has 1 aliphatic heterocycles. The third-order valence-corrected chi connectivity index (χ3v) is 4.27. The largest absolute Gasteiger partial charge is 0.491 e. The summed E-state index contributed by atoms with van der Waals surface area (Å²) >= 11 is 5.92. The molecule has 6 nitrogen and oxygen atoms in total. The lowest BCUT2D eigenvalue weighted by Crippen LogP contribution is -2.47. The molecule has 1 N–H and O–H groups in total. The lowest BCUT2D eigenvalue weighted by Gasteiger charge is -2.41. The molecule has 0 spiro atoms. The van der Waals surface area contributed by atoms with Crippen LogP contribution >= 0.6 is 11.6 Å². The number of anilines is 1. The summed E-state index contributed by atoms with van der Waals surface area (Å²) in [6, 6.07) is 9.15. The molecule has 0 aliphatic carbocycles. The van der Waals surface area contributed by atoms with Crippen molar-refractivity contribution in [2.45, 2.75) is 12.5 Å². The van der Waals surface area contributed by atoms with Crippen molar-refractivity contribution in [3.05, 3.63) is 47.1 Å². The number of pyridine rings is 1. The van der Waals surface area contributed by atoms with Gasteiger partial charge >= 0.3 is 6.03 Å².